The van der Waals surface area contributed by atoms with E-state index in [2.05, 4.69) is 4.98 Å². The van der Waals surface area contributed by atoms with Crippen LogP contribution in [-0.2, 0) is 22.4 Å². The maximum absolute atomic E-state index is 13.6. The van der Waals surface area contributed by atoms with Crippen molar-refractivity contribution in [3.8, 4) is 0 Å². The number of para-hydroxylation sites is 1. The number of hydrogen-bond donors (Lipinski definition) is 2. The van der Waals surface area contributed by atoms with Gasteiger partial charge in [-0.2, -0.15) is 0 Å². The van der Waals surface area contributed by atoms with Gasteiger partial charge in [0.05, 0.1) is 12.0 Å². The summed E-state index contributed by atoms with van der Waals surface area (Å²) in [6.07, 6.45) is 2.23. The molecular weight excluding hydrogens is 472 g/mol. The van der Waals surface area contributed by atoms with Crippen molar-refractivity contribution < 1.29 is 19.5 Å². The maximum atomic E-state index is 13.6. The number of amides is 1. The minimum atomic E-state index is -1.02. The maximum Gasteiger partial charge on any atom is 0.307 e. The number of aliphatic carboxylic acids is 1. The van der Waals surface area contributed by atoms with E-state index in [1.807, 2.05) is 80.0 Å². The molecule has 186 valence electrons. The molecule has 0 aliphatic rings. The largest absolute Gasteiger partial charge is 0.481 e. The van der Waals surface area contributed by atoms with E-state index >= 15 is 0 Å². The zero-order valence-electron chi connectivity index (χ0n) is 20.7. The topological polar surface area (TPSA) is 90.5 Å². The summed E-state index contributed by atoms with van der Waals surface area (Å²) in [6, 6.07) is 16.4. The number of aromatic nitrogens is 1. The van der Waals surface area contributed by atoms with Gasteiger partial charge in [0, 0.05) is 47.4 Å². The highest BCUT2D eigenvalue weighted by Gasteiger charge is 2.32. The van der Waals surface area contributed by atoms with E-state index in [1.54, 1.807) is 7.05 Å². The molecular formula is C29H30N2O4S. The van der Waals surface area contributed by atoms with E-state index in [4.69, 9.17) is 0 Å². The number of aryl methyl sites for hydroxylation is 2. The molecule has 7 heteroatoms. The molecule has 0 aliphatic heterocycles. The Morgan fingerprint density at radius 3 is 2.39 bits per heavy atom. The van der Waals surface area contributed by atoms with Gasteiger partial charge in [-0.1, -0.05) is 41.5 Å². The van der Waals surface area contributed by atoms with Gasteiger partial charge in [0.1, 0.15) is 0 Å². The molecule has 2 aromatic carbocycles. The van der Waals surface area contributed by atoms with Gasteiger partial charge in [0.15, 0.2) is 5.78 Å². The molecule has 6 nitrogen and oxygen atoms in total. The summed E-state index contributed by atoms with van der Waals surface area (Å²) in [7, 11) is 1.63. The number of carboxylic acid groups (broad SMARTS) is 1. The monoisotopic (exact) mass is 502 g/mol. The Hall–Kier alpha value is -3.71. The number of thiophene rings is 1. The number of carbonyl (C=O) groups is 3. The van der Waals surface area contributed by atoms with Crippen molar-refractivity contribution in [2.24, 2.45) is 5.92 Å². The van der Waals surface area contributed by atoms with Gasteiger partial charge >= 0.3 is 5.97 Å². The van der Waals surface area contributed by atoms with Crippen LogP contribution in [0.2, 0.25) is 0 Å². The number of Topliss-reactive ketones (excluding diaryl/α,β-unsaturated/α-hetero) is 1. The first kappa shape index (κ1) is 25.4. The average Bonchev–Trinajstić information content (AvgIpc) is 3.50. The first-order valence-electron chi connectivity index (χ1n) is 11.9. The third-order valence-electron chi connectivity index (χ3n) is 6.54. The summed E-state index contributed by atoms with van der Waals surface area (Å²) in [6.45, 7) is 3.86. The Bertz CT molecular complexity index is 1370. The third kappa shape index (κ3) is 5.74. The number of carbonyl (C=O) groups excluding carboxylic acids is 2. The molecule has 0 radical (unpaired) electrons. The summed E-state index contributed by atoms with van der Waals surface area (Å²) in [5.41, 5.74) is 4.25. The first-order chi connectivity index (χ1) is 17.2. The van der Waals surface area contributed by atoms with Crippen LogP contribution < -0.4 is 0 Å². The molecule has 1 amide bonds. The summed E-state index contributed by atoms with van der Waals surface area (Å²) in [5, 5.41) is 12.9. The van der Waals surface area contributed by atoms with Gasteiger partial charge < -0.3 is 15.0 Å². The molecule has 2 atom stereocenters. The summed E-state index contributed by atoms with van der Waals surface area (Å²) >= 11 is 1.52. The predicted octanol–water partition coefficient (Wildman–Crippen LogP) is 5.43. The van der Waals surface area contributed by atoms with Gasteiger partial charge in [-0.25, -0.2) is 0 Å². The van der Waals surface area contributed by atoms with E-state index < -0.39 is 17.9 Å². The second kappa shape index (κ2) is 10.9. The molecule has 4 rings (SSSR count). The number of hydrogen-bond acceptors (Lipinski definition) is 4. The van der Waals surface area contributed by atoms with Crippen LogP contribution in [0.3, 0.4) is 0 Å². The van der Waals surface area contributed by atoms with Gasteiger partial charge in [-0.05, 0) is 55.5 Å². The van der Waals surface area contributed by atoms with Crippen LogP contribution in [0, 0.1) is 19.8 Å². The van der Waals surface area contributed by atoms with Gasteiger partial charge in [-0.3, -0.25) is 14.4 Å². The van der Waals surface area contributed by atoms with Crippen LogP contribution in [0.5, 0.6) is 0 Å². The predicted molar refractivity (Wildman–Crippen MR) is 143 cm³/mol. The van der Waals surface area contributed by atoms with Crippen LogP contribution in [-0.4, -0.2) is 45.7 Å². The Kier molecular flexibility index (Phi) is 7.70. The number of fused-ring (bicyclic) bond motifs is 1. The van der Waals surface area contributed by atoms with E-state index in [1.165, 1.54) is 16.2 Å². The standard InChI is InChI=1S/C29H30N2O4S/c1-18-11-19(2)13-20(12-18)28(33)31(3)26(16-23-7-6-10-36-23)27(32)15-21(29(34)35)14-22-17-30-25-9-5-4-8-24(22)25/h4-13,17,21,26,30H,14-16H2,1-3H3,(H,34,35). The van der Waals surface area contributed by atoms with Gasteiger partial charge in [-0.15, -0.1) is 11.3 Å². The minimum absolute atomic E-state index is 0.157. The molecule has 0 fully saturated rings. The van der Waals surface area contributed by atoms with Gasteiger partial charge in [0.2, 0.25) is 0 Å². The molecule has 0 aliphatic carbocycles. The number of nitrogens with zero attached hydrogens (tertiary/aromatic N) is 1. The number of benzene rings is 2. The Labute approximate surface area is 214 Å². The van der Waals surface area contributed by atoms with Crippen LogP contribution in [0.1, 0.15) is 38.3 Å². The normalized spacial score (nSPS) is 12.9. The highest BCUT2D eigenvalue weighted by molar-refractivity contribution is 7.09. The summed E-state index contributed by atoms with van der Waals surface area (Å²) < 4.78 is 0. The van der Waals surface area contributed by atoms with Crippen molar-refractivity contribution in [2.45, 2.75) is 39.2 Å². The lowest BCUT2D eigenvalue weighted by Gasteiger charge is -2.28. The molecule has 0 saturated heterocycles. The number of ketones is 1. The van der Waals surface area contributed by atoms with Crippen molar-refractivity contribution in [3.05, 3.63) is 93.3 Å². The number of aromatic amines is 1. The fourth-order valence-electron chi connectivity index (χ4n) is 4.72. The van der Waals surface area contributed by atoms with Crippen LogP contribution in [0.15, 0.2) is 66.2 Å². The average molecular weight is 503 g/mol. The van der Waals surface area contributed by atoms with Crippen molar-refractivity contribution >= 4 is 39.9 Å². The lowest BCUT2D eigenvalue weighted by molar-refractivity contribution is -0.144. The summed E-state index contributed by atoms with van der Waals surface area (Å²) in [5.74, 6) is -2.42. The SMILES string of the molecule is Cc1cc(C)cc(C(=O)N(C)C(Cc2cccs2)C(=O)CC(Cc2c[nH]c3ccccc23)C(=O)O)c1. The minimum Gasteiger partial charge on any atom is -0.481 e. The molecule has 2 heterocycles. The Balaban J connectivity index is 1.58. The Morgan fingerprint density at radius 1 is 1.00 bits per heavy atom. The number of likely N-dealkylation sites (N-methyl/N-ethyl adjacent to an activating group) is 1. The number of H-pyrrole nitrogens is 1. The quantitative estimate of drug-likeness (QED) is 0.302. The molecule has 0 bridgehead atoms. The van der Waals surface area contributed by atoms with E-state index in [0.29, 0.717) is 12.0 Å². The molecule has 0 spiro atoms. The van der Waals surface area contributed by atoms with E-state index in [9.17, 15) is 19.5 Å². The molecule has 2 N–H and O–H groups in total. The molecule has 36 heavy (non-hydrogen) atoms. The molecule has 2 aromatic heterocycles. The molecule has 0 saturated carbocycles. The van der Waals surface area contributed by atoms with Crippen LogP contribution in [0.25, 0.3) is 10.9 Å². The highest BCUT2D eigenvalue weighted by Crippen LogP contribution is 2.25. The number of carboxylic acids is 1. The number of nitrogens with one attached hydrogen (secondary N) is 1. The van der Waals surface area contributed by atoms with Crippen molar-refractivity contribution in [2.75, 3.05) is 7.05 Å². The zero-order chi connectivity index (χ0) is 25.8. The molecule has 2 unspecified atom stereocenters. The number of rotatable bonds is 10. The highest BCUT2D eigenvalue weighted by atomic mass is 32.1. The van der Waals surface area contributed by atoms with E-state index in [0.717, 1.165) is 32.5 Å². The second-order valence-electron chi connectivity index (χ2n) is 9.36. The lowest BCUT2D eigenvalue weighted by Crippen LogP contribution is -2.45. The molecule has 4 aromatic rings. The van der Waals surface area contributed by atoms with Crippen molar-refractivity contribution in [1.29, 1.82) is 0 Å². The van der Waals surface area contributed by atoms with Crippen LogP contribution in [0.4, 0.5) is 0 Å². The smallest absolute Gasteiger partial charge is 0.307 e. The van der Waals surface area contributed by atoms with Crippen molar-refractivity contribution in [1.82, 2.24) is 9.88 Å². The van der Waals surface area contributed by atoms with Gasteiger partial charge in [0.25, 0.3) is 5.91 Å². The summed E-state index contributed by atoms with van der Waals surface area (Å²) in [4.78, 5) is 44.8. The van der Waals surface area contributed by atoms with Crippen LogP contribution >= 0.6 is 11.3 Å². The third-order valence-corrected chi connectivity index (χ3v) is 7.44. The fourth-order valence-corrected chi connectivity index (χ4v) is 5.46. The zero-order valence-corrected chi connectivity index (χ0v) is 21.5. The second-order valence-corrected chi connectivity index (χ2v) is 10.4. The van der Waals surface area contributed by atoms with E-state index in [-0.39, 0.29) is 24.5 Å². The Morgan fingerprint density at radius 2 is 1.72 bits per heavy atom. The van der Waals surface area contributed by atoms with Crippen molar-refractivity contribution in [3.63, 3.8) is 0 Å². The lowest BCUT2D eigenvalue weighted by atomic mass is 9.90. The fraction of sp³-hybridized carbons (Fsp3) is 0.276. The first-order valence-corrected chi connectivity index (χ1v) is 12.8.